The van der Waals surface area contributed by atoms with E-state index >= 15 is 0 Å². The van der Waals surface area contributed by atoms with Gasteiger partial charge in [-0.25, -0.2) is 0 Å². The summed E-state index contributed by atoms with van der Waals surface area (Å²) >= 11 is 0. The maximum absolute atomic E-state index is 5.46. The van der Waals surface area contributed by atoms with E-state index in [2.05, 4.69) is 26.1 Å². The lowest BCUT2D eigenvalue weighted by Crippen LogP contribution is -2.38. The van der Waals surface area contributed by atoms with Gasteiger partial charge in [-0.15, -0.1) is 0 Å². The van der Waals surface area contributed by atoms with Crippen LogP contribution >= 0.6 is 0 Å². The van der Waals surface area contributed by atoms with Crippen molar-refractivity contribution in [2.24, 2.45) is 11.8 Å². The molecule has 1 unspecified atom stereocenters. The fraction of sp³-hybridized carbons (Fsp3) is 1.00. The van der Waals surface area contributed by atoms with Crippen molar-refractivity contribution in [2.75, 3.05) is 19.8 Å². The summed E-state index contributed by atoms with van der Waals surface area (Å²) in [5, 5.41) is 3.71. The Kier molecular flexibility index (Phi) is 8.70. The topological polar surface area (TPSA) is 21.3 Å². The Morgan fingerprint density at radius 2 is 1.83 bits per heavy atom. The van der Waals surface area contributed by atoms with Crippen molar-refractivity contribution >= 4 is 0 Å². The Hall–Kier alpha value is -0.0800. The molecule has 0 aromatic rings. The highest BCUT2D eigenvalue weighted by molar-refractivity contribution is 4.81. The molecule has 0 spiro atoms. The molecule has 108 valence electrons. The molecular weight excluding hydrogens is 222 g/mol. The summed E-state index contributed by atoms with van der Waals surface area (Å²) < 4.78 is 5.46. The third kappa shape index (κ3) is 5.71. The first-order valence-corrected chi connectivity index (χ1v) is 8.12. The summed E-state index contributed by atoms with van der Waals surface area (Å²) in [7, 11) is 0. The van der Waals surface area contributed by atoms with Crippen LogP contribution in [0.5, 0.6) is 0 Å². The van der Waals surface area contributed by atoms with Crippen LogP contribution in [0.4, 0.5) is 0 Å². The van der Waals surface area contributed by atoms with Gasteiger partial charge in [0.2, 0.25) is 0 Å². The number of hydrogen-bond acceptors (Lipinski definition) is 2. The second kappa shape index (κ2) is 9.80. The van der Waals surface area contributed by atoms with Gasteiger partial charge in [0, 0.05) is 19.3 Å². The van der Waals surface area contributed by atoms with Gasteiger partial charge in [0.15, 0.2) is 0 Å². The second-order valence-corrected chi connectivity index (χ2v) is 5.69. The Balaban J connectivity index is 2.27. The second-order valence-electron chi connectivity index (χ2n) is 5.69. The lowest BCUT2D eigenvalue weighted by atomic mass is 9.76. The summed E-state index contributed by atoms with van der Waals surface area (Å²) in [5.41, 5.74) is 0. The van der Waals surface area contributed by atoms with Gasteiger partial charge in [0.25, 0.3) is 0 Å². The van der Waals surface area contributed by atoms with Crippen LogP contribution in [-0.4, -0.2) is 25.8 Å². The highest BCUT2D eigenvalue weighted by Crippen LogP contribution is 2.33. The fourth-order valence-corrected chi connectivity index (χ4v) is 3.32. The summed E-state index contributed by atoms with van der Waals surface area (Å²) in [6.45, 7) is 9.54. The largest absolute Gasteiger partial charge is 0.382 e. The lowest BCUT2D eigenvalue weighted by Gasteiger charge is -2.34. The molecule has 0 bridgehead atoms. The Morgan fingerprint density at radius 1 is 1.11 bits per heavy atom. The first-order valence-electron chi connectivity index (χ1n) is 8.12. The van der Waals surface area contributed by atoms with E-state index in [9.17, 15) is 0 Å². The SMILES string of the molecule is CCNC(CCCOCC)C1CCC(CC)CC1. The smallest absolute Gasteiger partial charge is 0.0466 e. The van der Waals surface area contributed by atoms with Crippen LogP contribution < -0.4 is 5.32 Å². The monoisotopic (exact) mass is 255 g/mol. The Bertz CT molecular complexity index is 188. The molecule has 1 saturated carbocycles. The minimum atomic E-state index is 0.730. The van der Waals surface area contributed by atoms with Gasteiger partial charge in [-0.2, -0.15) is 0 Å². The molecule has 1 aliphatic carbocycles. The number of nitrogens with one attached hydrogen (secondary N) is 1. The molecule has 0 saturated heterocycles. The zero-order chi connectivity index (χ0) is 13.2. The molecule has 1 fully saturated rings. The normalized spacial score (nSPS) is 26.2. The lowest BCUT2D eigenvalue weighted by molar-refractivity contribution is 0.133. The van der Waals surface area contributed by atoms with E-state index in [1.807, 2.05) is 0 Å². The van der Waals surface area contributed by atoms with Crippen LogP contribution in [0.1, 0.15) is 65.7 Å². The van der Waals surface area contributed by atoms with Crippen LogP contribution in [0, 0.1) is 11.8 Å². The molecule has 18 heavy (non-hydrogen) atoms. The molecule has 0 radical (unpaired) electrons. The van der Waals surface area contributed by atoms with Gasteiger partial charge >= 0.3 is 0 Å². The van der Waals surface area contributed by atoms with E-state index in [0.717, 1.165) is 37.6 Å². The van der Waals surface area contributed by atoms with Gasteiger partial charge in [-0.3, -0.25) is 0 Å². The number of hydrogen-bond donors (Lipinski definition) is 1. The minimum Gasteiger partial charge on any atom is -0.382 e. The highest BCUT2D eigenvalue weighted by Gasteiger charge is 2.25. The average Bonchev–Trinajstić information content (AvgIpc) is 2.42. The Morgan fingerprint density at radius 3 is 2.39 bits per heavy atom. The summed E-state index contributed by atoms with van der Waals surface area (Å²) in [6, 6.07) is 0.730. The van der Waals surface area contributed by atoms with Crippen molar-refractivity contribution in [3.63, 3.8) is 0 Å². The molecule has 2 nitrogen and oxygen atoms in total. The fourth-order valence-electron chi connectivity index (χ4n) is 3.32. The van der Waals surface area contributed by atoms with Crippen LogP contribution in [0.3, 0.4) is 0 Å². The third-order valence-corrected chi connectivity index (χ3v) is 4.51. The van der Waals surface area contributed by atoms with E-state index in [1.165, 1.54) is 44.9 Å². The molecule has 0 heterocycles. The molecule has 0 aliphatic heterocycles. The van der Waals surface area contributed by atoms with Gasteiger partial charge in [0.1, 0.15) is 0 Å². The zero-order valence-electron chi connectivity index (χ0n) is 12.7. The average molecular weight is 255 g/mol. The zero-order valence-corrected chi connectivity index (χ0v) is 12.7. The first-order chi connectivity index (χ1) is 8.81. The molecule has 0 amide bonds. The molecule has 1 aliphatic rings. The number of rotatable bonds is 9. The van der Waals surface area contributed by atoms with Crippen LogP contribution in [0.2, 0.25) is 0 Å². The van der Waals surface area contributed by atoms with Crippen molar-refractivity contribution in [3.8, 4) is 0 Å². The van der Waals surface area contributed by atoms with E-state index < -0.39 is 0 Å². The molecule has 1 rings (SSSR count). The molecule has 2 heteroatoms. The predicted octanol–water partition coefficient (Wildman–Crippen LogP) is 4.00. The molecular formula is C16H33NO. The van der Waals surface area contributed by atoms with E-state index in [0.29, 0.717) is 0 Å². The third-order valence-electron chi connectivity index (χ3n) is 4.51. The molecule has 0 aromatic heterocycles. The van der Waals surface area contributed by atoms with Gasteiger partial charge in [-0.1, -0.05) is 33.1 Å². The molecule has 1 N–H and O–H groups in total. The van der Waals surface area contributed by atoms with Crippen molar-refractivity contribution in [3.05, 3.63) is 0 Å². The summed E-state index contributed by atoms with van der Waals surface area (Å²) in [5.74, 6) is 1.92. The predicted molar refractivity (Wildman–Crippen MR) is 78.9 cm³/mol. The van der Waals surface area contributed by atoms with Crippen LogP contribution in [-0.2, 0) is 4.74 Å². The minimum absolute atomic E-state index is 0.730. The van der Waals surface area contributed by atoms with Crippen molar-refractivity contribution in [1.82, 2.24) is 5.32 Å². The van der Waals surface area contributed by atoms with Crippen LogP contribution in [0.15, 0.2) is 0 Å². The van der Waals surface area contributed by atoms with E-state index in [1.54, 1.807) is 0 Å². The van der Waals surface area contributed by atoms with Gasteiger partial charge < -0.3 is 10.1 Å². The van der Waals surface area contributed by atoms with Crippen molar-refractivity contribution < 1.29 is 4.74 Å². The van der Waals surface area contributed by atoms with Crippen molar-refractivity contribution in [2.45, 2.75) is 71.8 Å². The molecule has 0 aromatic carbocycles. The first kappa shape index (κ1) is 16.0. The quantitative estimate of drug-likeness (QED) is 0.629. The maximum Gasteiger partial charge on any atom is 0.0466 e. The van der Waals surface area contributed by atoms with E-state index in [4.69, 9.17) is 4.74 Å². The molecule has 1 atom stereocenters. The summed E-state index contributed by atoms with van der Waals surface area (Å²) in [4.78, 5) is 0. The standard InChI is InChI=1S/C16H33NO/c1-4-14-9-11-15(12-10-14)16(17-5-2)8-7-13-18-6-3/h14-17H,4-13H2,1-3H3. The maximum atomic E-state index is 5.46. The van der Waals surface area contributed by atoms with Gasteiger partial charge in [0.05, 0.1) is 0 Å². The summed E-state index contributed by atoms with van der Waals surface area (Å²) in [6.07, 6.45) is 9.65. The van der Waals surface area contributed by atoms with Gasteiger partial charge in [-0.05, 0) is 51.0 Å². The number of ether oxygens (including phenoxy) is 1. The Labute approximate surface area is 114 Å². The van der Waals surface area contributed by atoms with Crippen LogP contribution in [0.25, 0.3) is 0 Å². The van der Waals surface area contributed by atoms with E-state index in [-0.39, 0.29) is 0 Å². The van der Waals surface area contributed by atoms with Crippen molar-refractivity contribution in [1.29, 1.82) is 0 Å². The highest BCUT2D eigenvalue weighted by atomic mass is 16.5.